The predicted molar refractivity (Wildman–Crippen MR) is 64.9 cm³/mol. The van der Waals surface area contributed by atoms with Gasteiger partial charge in [0.25, 0.3) is 0 Å². The summed E-state index contributed by atoms with van der Waals surface area (Å²) in [5.74, 6) is 0. The highest BCUT2D eigenvalue weighted by molar-refractivity contribution is 14.1. The van der Waals surface area contributed by atoms with Gasteiger partial charge in [0, 0.05) is 10.1 Å². The first-order chi connectivity index (χ1) is 6.24. The molecule has 2 nitrogen and oxygen atoms in total. The number of rotatable bonds is 1. The van der Waals surface area contributed by atoms with E-state index < -0.39 is 0 Å². The molecule has 2 rings (SSSR count). The van der Waals surface area contributed by atoms with Crippen molar-refractivity contribution in [2.45, 2.75) is 6.61 Å². The SMILES string of the molecule is Nc1c(I)sc2c(CO)cccc12. The van der Waals surface area contributed by atoms with E-state index in [2.05, 4.69) is 22.6 Å². The molecule has 0 amide bonds. The molecule has 0 fully saturated rings. The van der Waals surface area contributed by atoms with E-state index in [0.29, 0.717) is 0 Å². The normalized spacial score (nSPS) is 10.9. The van der Waals surface area contributed by atoms with Crippen LogP contribution in [0.2, 0.25) is 0 Å². The minimum atomic E-state index is 0.0768. The standard InChI is InChI=1S/C9H8INOS/c10-9-7(11)6-3-1-2-5(4-12)8(6)13-9/h1-3,12H,4,11H2. The van der Waals surface area contributed by atoms with Crippen LogP contribution in [0.15, 0.2) is 18.2 Å². The summed E-state index contributed by atoms with van der Waals surface area (Å²) in [6.45, 7) is 0.0768. The molecule has 3 N–H and O–H groups in total. The smallest absolute Gasteiger partial charge is 0.0895 e. The molecule has 1 aromatic carbocycles. The van der Waals surface area contributed by atoms with E-state index in [0.717, 1.165) is 24.2 Å². The van der Waals surface area contributed by atoms with E-state index in [4.69, 9.17) is 10.8 Å². The second kappa shape index (κ2) is 3.43. The maximum atomic E-state index is 9.10. The van der Waals surface area contributed by atoms with Gasteiger partial charge in [0.2, 0.25) is 0 Å². The third-order valence-corrected chi connectivity index (χ3v) is 4.29. The Labute approximate surface area is 93.5 Å². The molecule has 0 bridgehead atoms. The maximum absolute atomic E-state index is 9.10. The van der Waals surface area contributed by atoms with Crippen molar-refractivity contribution in [3.63, 3.8) is 0 Å². The fraction of sp³-hybridized carbons (Fsp3) is 0.111. The van der Waals surface area contributed by atoms with E-state index in [9.17, 15) is 0 Å². The Kier molecular flexibility index (Phi) is 2.44. The van der Waals surface area contributed by atoms with Crippen LogP contribution >= 0.6 is 33.9 Å². The molecule has 68 valence electrons. The van der Waals surface area contributed by atoms with Crippen molar-refractivity contribution in [2.75, 3.05) is 5.73 Å². The van der Waals surface area contributed by atoms with Crippen LogP contribution in [0.1, 0.15) is 5.56 Å². The van der Waals surface area contributed by atoms with Gasteiger partial charge < -0.3 is 10.8 Å². The van der Waals surface area contributed by atoms with Crippen LogP contribution in [0, 0.1) is 2.88 Å². The average molecular weight is 305 g/mol. The molecule has 0 aliphatic heterocycles. The molecule has 0 saturated carbocycles. The number of benzene rings is 1. The first kappa shape index (κ1) is 9.23. The van der Waals surface area contributed by atoms with Gasteiger partial charge in [-0.1, -0.05) is 18.2 Å². The minimum Gasteiger partial charge on any atom is -0.397 e. The highest BCUT2D eigenvalue weighted by atomic mass is 127. The number of aliphatic hydroxyl groups excluding tert-OH is 1. The number of nitrogen functional groups attached to an aromatic ring is 1. The lowest BCUT2D eigenvalue weighted by Gasteiger charge is -1.97. The quantitative estimate of drug-likeness (QED) is 0.796. The summed E-state index contributed by atoms with van der Waals surface area (Å²) in [5.41, 5.74) is 7.67. The maximum Gasteiger partial charge on any atom is 0.0895 e. The van der Waals surface area contributed by atoms with Gasteiger partial charge in [-0.2, -0.15) is 0 Å². The van der Waals surface area contributed by atoms with Gasteiger partial charge in [0.05, 0.1) is 15.2 Å². The number of aliphatic hydroxyl groups is 1. The number of halogens is 1. The Hall–Kier alpha value is -0.330. The third kappa shape index (κ3) is 1.43. The first-order valence-electron chi connectivity index (χ1n) is 3.80. The van der Waals surface area contributed by atoms with Crippen LogP contribution < -0.4 is 5.73 Å². The van der Waals surface area contributed by atoms with E-state index in [1.165, 1.54) is 0 Å². The average Bonchev–Trinajstić information content (AvgIpc) is 2.43. The molecule has 0 unspecified atom stereocenters. The van der Waals surface area contributed by atoms with E-state index in [1.54, 1.807) is 11.3 Å². The van der Waals surface area contributed by atoms with Gasteiger partial charge in [0.1, 0.15) is 0 Å². The Morgan fingerprint density at radius 2 is 2.23 bits per heavy atom. The van der Waals surface area contributed by atoms with Crippen molar-refractivity contribution < 1.29 is 5.11 Å². The van der Waals surface area contributed by atoms with Crippen LogP contribution in [0.4, 0.5) is 5.69 Å². The monoisotopic (exact) mass is 305 g/mol. The van der Waals surface area contributed by atoms with Crippen molar-refractivity contribution in [2.24, 2.45) is 0 Å². The summed E-state index contributed by atoms with van der Waals surface area (Å²) in [7, 11) is 0. The lowest BCUT2D eigenvalue weighted by atomic mass is 10.1. The van der Waals surface area contributed by atoms with Crippen molar-refractivity contribution >= 4 is 49.7 Å². The summed E-state index contributed by atoms with van der Waals surface area (Å²) in [6, 6.07) is 5.84. The fourth-order valence-corrected chi connectivity index (χ4v) is 3.19. The fourth-order valence-electron chi connectivity index (χ4n) is 1.29. The van der Waals surface area contributed by atoms with Crippen LogP contribution in [0.25, 0.3) is 10.1 Å². The number of hydrogen-bond donors (Lipinski definition) is 2. The molecule has 4 heteroatoms. The van der Waals surface area contributed by atoms with Gasteiger partial charge in [-0.25, -0.2) is 0 Å². The van der Waals surface area contributed by atoms with E-state index >= 15 is 0 Å². The Morgan fingerprint density at radius 3 is 2.92 bits per heavy atom. The molecule has 0 atom stereocenters. The highest BCUT2D eigenvalue weighted by Gasteiger charge is 2.08. The molecule has 1 aromatic heterocycles. The Morgan fingerprint density at radius 1 is 1.46 bits per heavy atom. The molecule has 0 spiro atoms. The predicted octanol–water partition coefficient (Wildman–Crippen LogP) is 2.58. The zero-order valence-corrected chi connectivity index (χ0v) is 9.72. The summed E-state index contributed by atoms with van der Waals surface area (Å²) in [6.07, 6.45) is 0. The van der Waals surface area contributed by atoms with Crippen molar-refractivity contribution in [3.05, 3.63) is 26.6 Å². The molecular weight excluding hydrogens is 297 g/mol. The summed E-state index contributed by atoms with van der Waals surface area (Å²) < 4.78 is 2.19. The van der Waals surface area contributed by atoms with Crippen molar-refractivity contribution in [1.82, 2.24) is 0 Å². The Balaban J connectivity index is 2.84. The molecule has 1 heterocycles. The third-order valence-electron chi connectivity index (χ3n) is 1.96. The zero-order valence-electron chi connectivity index (χ0n) is 6.75. The van der Waals surface area contributed by atoms with Gasteiger partial charge in [-0.3, -0.25) is 0 Å². The number of thiophene rings is 1. The van der Waals surface area contributed by atoms with Crippen LogP contribution in [0.5, 0.6) is 0 Å². The molecule has 0 aliphatic carbocycles. The van der Waals surface area contributed by atoms with Gasteiger partial charge in [-0.15, -0.1) is 11.3 Å². The van der Waals surface area contributed by atoms with Crippen LogP contribution in [-0.4, -0.2) is 5.11 Å². The zero-order chi connectivity index (χ0) is 9.42. The summed E-state index contributed by atoms with van der Waals surface area (Å²) in [5, 5.41) is 10.2. The number of anilines is 1. The minimum absolute atomic E-state index is 0.0768. The second-order valence-corrected chi connectivity index (χ2v) is 5.57. The van der Waals surface area contributed by atoms with Gasteiger partial charge in [0.15, 0.2) is 0 Å². The first-order valence-corrected chi connectivity index (χ1v) is 5.69. The Bertz CT molecular complexity index is 452. The number of hydrogen-bond acceptors (Lipinski definition) is 3. The van der Waals surface area contributed by atoms with Gasteiger partial charge in [-0.05, 0) is 28.2 Å². The molecular formula is C9H8INOS. The molecule has 0 saturated heterocycles. The largest absolute Gasteiger partial charge is 0.397 e. The molecule has 13 heavy (non-hydrogen) atoms. The van der Waals surface area contributed by atoms with Crippen LogP contribution in [0.3, 0.4) is 0 Å². The van der Waals surface area contributed by atoms with E-state index in [-0.39, 0.29) is 6.61 Å². The summed E-state index contributed by atoms with van der Waals surface area (Å²) in [4.78, 5) is 0. The van der Waals surface area contributed by atoms with Crippen molar-refractivity contribution in [3.8, 4) is 0 Å². The lowest BCUT2D eigenvalue weighted by molar-refractivity contribution is 0.283. The molecule has 0 radical (unpaired) electrons. The number of nitrogens with two attached hydrogens (primary N) is 1. The molecule has 0 aliphatic rings. The topological polar surface area (TPSA) is 46.2 Å². The second-order valence-electron chi connectivity index (χ2n) is 2.74. The molecule has 2 aromatic rings. The van der Waals surface area contributed by atoms with Crippen molar-refractivity contribution in [1.29, 1.82) is 0 Å². The lowest BCUT2D eigenvalue weighted by Crippen LogP contribution is -1.85. The van der Waals surface area contributed by atoms with E-state index in [1.807, 2.05) is 18.2 Å². The van der Waals surface area contributed by atoms with Gasteiger partial charge >= 0.3 is 0 Å². The summed E-state index contributed by atoms with van der Waals surface area (Å²) >= 11 is 3.85. The van der Waals surface area contributed by atoms with Crippen LogP contribution in [-0.2, 0) is 6.61 Å². The number of fused-ring (bicyclic) bond motifs is 1. The highest BCUT2D eigenvalue weighted by Crippen LogP contribution is 2.36.